The van der Waals surface area contributed by atoms with E-state index in [0.717, 1.165) is 13.1 Å². The number of benzene rings is 1. The molecule has 0 aliphatic carbocycles. The topological polar surface area (TPSA) is 111 Å². The predicted octanol–water partition coefficient (Wildman–Crippen LogP) is -0.837. The smallest absolute Gasteiger partial charge is 0.251 e. The third-order valence-electron chi connectivity index (χ3n) is 4.33. The number of nitrogens with two attached hydrogens (primary N) is 1. The number of primary sulfonamides is 1. The van der Waals surface area contributed by atoms with Gasteiger partial charge in [0.15, 0.2) is 0 Å². The molecular weight excluding hydrogens is 334 g/mol. The normalized spacial score (nSPS) is 25.5. The molecule has 24 heavy (non-hydrogen) atoms. The molecule has 132 valence electrons. The Balaban J connectivity index is 1.65. The molecule has 0 radical (unpaired) electrons. The first-order valence-corrected chi connectivity index (χ1v) is 9.33. The summed E-state index contributed by atoms with van der Waals surface area (Å²) in [6.45, 7) is 4.06. The molecule has 3 N–H and O–H groups in total. The van der Waals surface area contributed by atoms with Crippen LogP contribution in [-0.4, -0.2) is 70.8 Å². The fraction of sp³-hybridized carbons (Fsp3) is 0.533. The van der Waals surface area contributed by atoms with Gasteiger partial charge < -0.3 is 14.8 Å². The predicted molar refractivity (Wildman–Crippen MR) is 86.1 cm³/mol. The van der Waals surface area contributed by atoms with E-state index in [2.05, 4.69) is 10.2 Å². The maximum atomic E-state index is 12.4. The molecule has 3 rings (SSSR count). The molecule has 0 spiro atoms. The van der Waals surface area contributed by atoms with E-state index in [1.165, 1.54) is 24.3 Å². The number of nitrogens with one attached hydrogen (secondary N) is 1. The lowest BCUT2D eigenvalue weighted by Crippen LogP contribution is -2.54. The molecule has 1 amide bonds. The highest BCUT2D eigenvalue weighted by Crippen LogP contribution is 2.16. The van der Waals surface area contributed by atoms with Crippen molar-refractivity contribution in [3.05, 3.63) is 29.8 Å². The maximum Gasteiger partial charge on any atom is 0.251 e. The number of ether oxygens (including phenoxy) is 2. The maximum absolute atomic E-state index is 12.4. The Hall–Kier alpha value is -1.52. The van der Waals surface area contributed by atoms with E-state index in [4.69, 9.17) is 14.6 Å². The van der Waals surface area contributed by atoms with E-state index >= 15 is 0 Å². The van der Waals surface area contributed by atoms with Crippen molar-refractivity contribution >= 4 is 15.9 Å². The summed E-state index contributed by atoms with van der Waals surface area (Å²) in [7, 11) is -3.76. The van der Waals surface area contributed by atoms with Gasteiger partial charge in [0.1, 0.15) is 0 Å². The number of nitrogens with zero attached hydrogens (tertiary/aromatic N) is 1. The van der Waals surface area contributed by atoms with Gasteiger partial charge in [-0.2, -0.15) is 0 Å². The van der Waals surface area contributed by atoms with Crippen LogP contribution in [0.3, 0.4) is 0 Å². The molecular formula is C15H21N3O5S. The van der Waals surface area contributed by atoms with E-state index in [-0.39, 0.29) is 22.9 Å². The van der Waals surface area contributed by atoms with E-state index in [1.807, 2.05) is 0 Å². The van der Waals surface area contributed by atoms with Crippen molar-refractivity contribution < 1.29 is 22.7 Å². The Morgan fingerprint density at radius 2 is 1.79 bits per heavy atom. The summed E-state index contributed by atoms with van der Waals surface area (Å²) in [5.74, 6) is -0.260. The molecule has 0 aromatic heterocycles. The van der Waals surface area contributed by atoms with Crippen LogP contribution in [0.5, 0.6) is 0 Å². The van der Waals surface area contributed by atoms with Gasteiger partial charge in [0.2, 0.25) is 10.0 Å². The molecule has 0 bridgehead atoms. The minimum Gasteiger partial charge on any atom is -0.379 e. The Labute approximate surface area is 141 Å². The molecule has 1 aromatic rings. The van der Waals surface area contributed by atoms with Gasteiger partial charge in [0.25, 0.3) is 5.91 Å². The minimum atomic E-state index is -3.76. The second-order valence-electron chi connectivity index (χ2n) is 5.90. The number of hydrogen-bond donors (Lipinski definition) is 2. The molecule has 2 atom stereocenters. The molecule has 9 heteroatoms. The SMILES string of the molecule is NS(=O)(=O)c1ccc(C(=O)N[C@H]2COC[C@@H]2N2CCOCC2)cc1. The number of carbonyl (C=O) groups excluding carboxylic acids is 1. The summed E-state index contributed by atoms with van der Waals surface area (Å²) in [5.41, 5.74) is 0.384. The first-order chi connectivity index (χ1) is 11.4. The van der Waals surface area contributed by atoms with Gasteiger partial charge in [-0.25, -0.2) is 13.6 Å². The zero-order valence-corrected chi connectivity index (χ0v) is 14.0. The van der Waals surface area contributed by atoms with Gasteiger partial charge in [0, 0.05) is 18.7 Å². The Morgan fingerprint density at radius 3 is 2.42 bits per heavy atom. The average molecular weight is 355 g/mol. The van der Waals surface area contributed by atoms with Crippen LogP contribution in [0.25, 0.3) is 0 Å². The molecule has 2 aliphatic heterocycles. The molecule has 8 nitrogen and oxygen atoms in total. The molecule has 0 unspecified atom stereocenters. The molecule has 2 saturated heterocycles. The van der Waals surface area contributed by atoms with Gasteiger partial charge in [-0.3, -0.25) is 9.69 Å². The average Bonchev–Trinajstić information content (AvgIpc) is 3.03. The van der Waals surface area contributed by atoms with E-state index in [1.54, 1.807) is 0 Å². The minimum absolute atomic E-state index is 0.0190. The zero-order chi connectivity index (χ0) is 17.2. The van der Waals surface area contributed by atoms with Crippen molar-refractivity contribution in [2.24, 2.45) is 5.14 Å². The lowest BCUT2D eigenvalue weighted by atomic mass is 10.1. The zero-order valence-electron chi connectivity index (χ0n) is 13.2. The van der Waals surface area contributed by atoms with Crippen LogP contribution in [0.15, 0.2) is 29.2 Å². The van der Waals surface area contributed by atoms with Gasteiger partial charge in [-0.15, -0.1) is 0 Å². The van der Waals surface area contributed by atoms with E-state index in [9.17, 15) is 13.2 Å². The molecule has 1 aromatic carbocycles. The van der Waals surface area contributed by atoms with Crippen molar-refractivity contribution in [3.8, 4) is 0 Å². The van der Waals surface area contributed by atoms with Crippen LogP contribution in [-0.2, 0) is 19.5 Å². The second-order valence-corrected chi connectivity index (χ2v) is 7.46. The summed E-state index contributed by atoms with van der Waals surface area (Å²) >= 11 is 0. The van der Waals surface area contributed by atoms with Crippen LogP contribution in [0.4, 0.5) is 0 Å². The largest absolute Gasteiger partial charge is 0.379 e. The van der Waals surface area contributed by atoms with Crippen molar-refractivity contribution in [1.29, 1.82) is 0 Å². The highest BCUT2D eigenvalue weighted by atomic mass is 32.2. The Kier molecular flexibility index (Phi) is 5.16. The van der Waals surface area contributed by atoms with Crippen LogP contribution in [0.1, 0.15) is 10.4 Å². The molecule has 2 fully saturated rings. The van der Waals surface area contributed by atoms with Crippen molar-refractivity contribution in [1.82, 2.24) is 10.2 Å². The first kappa shape index (κ1) is 17.3. The summed E-state index contributed by atoms with van der Waals surface area (Å²) in [6.07, 6.45) is 0. The monoisotopic (exact) mass is 355 g/mol. The molecule has 0 saturated carbocycles. The fourth-order valence-corrected chi connectivity index (χ4v) is 3.51. The summed E-state index contributed by atoms with van der Waals surface area (Å²) < 4.78 is 33.4. The summed E-state index contributed by atoms with van der Waals surface area (Å²) in [4.78, 5) is 14.6. The third-order valence-corrected chi connectivity index (χ3v) is 5.26. The van der Waals surface area contributed by atoms with Crippen LogP contribution in [0, 0.1) is 0 Å². The van der Waals surface area contributed by atoms with Gasteiger partial charge >= 0.3 is 0 Å². The van der Waals surface area contributed by atoms with Crippen molar-refractivity contribution in [2.45, 2.75) is 17.0 Å². The van der Waals surface area contributed by atoms with Gasteiger partial charge in [-0.1, -0.05) is 0 Å². The van der Waals surface area contributed by atoms with Crippen LogP contribution < -0.4 is 10.5 Å². The highest BCUT2D eigenvalue weighted by Gasteiger charge is 2.34. The quantitative estimate of drug-likeness (QED) is 0.729. The summed E-state index contributed by atoms with van der Waals surface area (Å²) in [5, 5.41) is 8.03. The lowest BCUT2D eigenvalue weighted by molar-refractivity contribution is 0.0108. The standard InChI is InChI=1S/C15H21N3O5S/c16-24(20,21)12-3-1-11(2-4-12)15(19)17-13-9-23-10-14(13)18-5-7-22-8-6-18/h1-4,13-14H,5-10H2,(H,17,19)(H2,16,20,21)/t13-,14-/m0/s1. The fourth-order valence-electron chi connectivity index (χ4n) is 3.00. The Morgan fingerprint density at radius 1 is 1.12 bits per heavy atom. The third kappa shape index (κ3) is 3.93. The van der Waals surface area contributed by atoms with E-state index < -0.39 is 10.0 Å². The van der Waals surface area contributed by atoms with Crippen LogP contribution in [0.2, 0.25) is 0 Å². The molecule has 2 aliphatic rings. The first-order valence-electron chi connectivity index (χ1n) is 7.78. The highest BCUT2D eigenvalue weighted by molar-refractivity contribution is 7.89. The van der Waals surface area contributed by atoms with Crippen molar-refractivity contribution in [2.75, 3.05) is 39.5 Å². The Bertz CT molecular complexity index is 686. The number of amides is 1. The lowest BCUT2D eigenvalue weighted by Gasteiger charge is -2.34. The summed E-state index contributed by atoms with van der Waals surface area (Å²) in [6, 6.07) is 5.59. The number of carbonyl (C=O) groups is 1. The number of rotatable bonds is 4. The van der Waals surface area contributed by atoms with Gasteiger partial charge in [0.05, 0.1) is 43.4 Å². The second kappa shape index (κ2) is 7.16. The number of sulfonamides is 1. The molecule has 2 heterocycles. The van der Waals surface area contributed by atoms with Crippen molar-refractivity contribution in [3.63, 3.8) is 0 Å². The van der Waals surface area contributed by atoms with Gasteiger partial charge in [-0.05, 0) is 24.3 Å². The van der Waals surface area contributed by atoms with E-state index in [0.29, 0.717) is 32.0 Å². The van der Waals surface area contributed by atoms with Crippen LogP contribution >= 0.6 is 0 Å². The number of hydrogen-bond acceptors (Lipinski definition) is 6. The number of morpholine rings is 1.